The molecule has 2 rings (SSSR count). The topological polar surface area (TPSA) is 55.0 Å². The molecule has 15 heavy (non-hydrogen) atoms. The number of imidazole rings is 1. The van der Waals surface area contributed by atoms with E-state index in [1.54, 1.807) is 0 Å². The van der Waals surface area contributed by atoms with Crippen molar-refractivity contribution in [3.63, 3.8) is 0 Å². The standard InChI is InChI=1S/C9H6BrFN2O2/c1-15-9(14)8-12-6-2-4(10)5(11)3-7(6)13-8/h2-3H,1H3,(H,12,13). The van der Waals surface area contributed by atoms with Crippen LogP contribution in [0.1, 0.15) is 10.6 Å². The molecule has 0 radical (unpaired) electrons. The summed E-state index contributed by atoms with van der Waals surface area (Å²) in [5.74, 6) is -0.935. The molecule has 1 aromatic carbocycles. The minimum Gasteiger partial charge on any atom is -0.463 e. The van der Waals surface area contributed by atoms with Crippen molar-refractivity contribution in [3.05, 3.63) is 28.2 Å². The zero-order valence-electron chi connectivity index (χ0n) is 7.67. The SMILES string of the molecule is COC(=O)c1nc2cc(Br)c(F)cc2[nH]1. The number of aromatic amines is 1. The Morgan fingerprint density at radius 3 is 3.00 bits per heavy atom. The van der Waals surface area contributed by atoms with E-state index in [1.807, 2.05) is 0 Å². The lowest BCUT2D eigenvalue weighted by atomic mass is 10.3. The van der Waals surface area contributed by atoms with Crippen LogP contribution in [-0.2, 0) is 4.74 Å². The Morgan fingerprint density at radius 1 is 1.60 bits per heavy atom. The predicted octanol–water partition coefficient (Wildman–Crippen LogP) is 2.25. The van der Waals surface area contributed by atoms with Crippen molar-refractivity contribution in [1.29, 1.82) is 0 Å². The van der Waals surface area contributed by atoms with Gasteiger partial charge in [0.15, 0.2) is 0 Å². The maximum atomic E-state index is 13.1. The highest BCUT2D eigenvalue weighted by molar-refractivity contribution is 9.10. The number of esters is 1. The van der Waals surface area contributed by atoms with Gasteiger partial charge in [0, 0.05) is 6.07 Å². The van der Waals surface area contributed by atoms with Gasteiger partial charge in [-0.3, -0.25) is 0 Å². The van der Waals surface area contributed by atoms with E-state index in [-0.39, 0.29) is 5.82 Å². The van der Waals surface area contributed by atoms with Gasteiger partial charge in [0.1, 0.15) is 5.82 Å². The largest absolute Gasteiger partial charge is 0.463 e. The van der Waals surface area contributed by atoms with Crippen molar-refractivity contribution in [1.82, 2.24) is 9.97 Å². The van der Waals surface area contributed by atoms with Gasteiger partial charge in [-0.25, -0.2) is 14.2 Å². The van der Waals surface area contributed by atoms with Crippen LogP contribution in [0.2, 0.25) is 0 Å². The molecule has 0 aliphatic rings. The minimum absolute atomic E-state index is 0.0602. The van der Waals surface area contributed by atoms with Gasteiger partial charge in [0.2, 0.25) is 5.82 Å². The molecule has 2 aromatic rings. The minimum atomic E-state index is -0.581. The summed E-state index contributed by atoms with van der Waals surface area (Å²) in [4.78, 5) is 17.8. The summed E-state index contributed by atoms with van der Waals surface area (Å²) in [5.41, 5.74) is 0.958. The number of carbonyl (C=O) groups excluding carboxylic acids is 1. The number of carbonyl (C=O) groups is 1. The molecular weight excluding hydrogens is 267 g/mol. The molecule has 4 nitrogen and oxygen atoms in total. The highest BCUT2D eigenvalue weighted by atomic mass is 79.9. The fraction of sp³-hybridized carbons (Fsp3) is 0.111. The number of nitrogens with one attached hydrogen (secondary N) is 1. The van der Waals surface area contributed by atoms with Crippen LogP contribution in [0.25, 0.3) is 11.0 Å². The van der Waals surface area contributed by atoms with Gasteiger partial charge in [0.05, 0.1) is 22.6 Å². The summed E-state index contributed by atoms with van der Waals surface area (Å²) in [6.45, 7) is 0. The molecule has 0 saturated carbocycles. The van der Waals surface area contributed by atoms with Gasteiger partial charge >= 0.3 is 5.97 Å². The van der Waals surface area contributed by atoms with E-state index in [4.69, 9.17) is 0 Å². The zero-order chi connectivity index (χ0) is 11.0. The Bertz CT molecular complexity index is 499. The summed E-state index contributed by atoms with van der Waals surface area (Å²) in [7, 11) is 1.26. The second-order valence-corrected chi connectivity index (χ2v) is 3.71. The summed E-state index contributed by atoms with van der Waals surface area (Å²) in [5, 5.41) is 0. The summed E-state index contributed by atoms with van der Waals surface area (Å²) >= 11 is 3.03. The molecule has 1 heterocycles. The highest BCUT2D eigenvalue weighted by Gasteiger charge is 2.12. The molecule has 0 fully saturated rings. The summed E-state index contributed by atoms with van der Waals surface area (Å²) in [6.07, 6.45) is 0. The predicted molar refractivity (Wildman–Crippen MR) is 55.1 cm³/mol. The molecule has 0 aliphatic heterocycles. The Kier molecular flexibility index (Phi) is 2.44. The van der Waals surface area contributed by atoms with Gasteiger partial charge in [-0.1, -0.05) is 0 Å². The van der Waals surface area contributed by atoms with Crippen LogP contribution in [0, 0.1) is 5.82 Å². The third-order valence-corrected chi connectivity index (χ3v) is 2.51. The Labute approximate surface area is 92.6 Å². The average Bonchev–Trinajstić information content (AvgIpc) is 2.60. The quantitative estimate of drug-likeness (QED) is 0.811. The highest BCUT2D eigenvalue weighted by Crippen LogP contribution is 2.21. The number of nitrogens with zero attached hydrogens (tertiary/aromatic N) is 1. The van der Waals surface area contributed by atoms with Gasteiger partial charge in [0.25, 0.3) is 0 Å². The molecule has 0 unspecified atom stereocenters. The number of fused-ring (bicyclic) bond motifs is 1. The molecule has 0 amide bonds. The molecule has 0 aliphatic carbocycles. The molecule has 78 valence electrons. The second kappa shape index (κ2) is 3.62. The van der Waals surface area contributed by atoms with Gasteiger partial charge in [-0.2, -0.15) is 0 Å². The fourth-order valence-electron chi connectivity index (χ4n) is 1.20. The van der Waals surface area contributed by atoms with E-state index in [1.165, 1.54) is 19.2 Å². The van der Waals surface area contributed by atoms with Crippen LogP contribution in [0.3, 0.4) is 0 Å². The lowest BCUT2D eigenvalue weighted by Gasteiger charge is -1.92. The van der Waals surface area contributed by atoms with Crippen LogP contribution in [0.4, 0.5) is 4.39 Å². The van der Waals surface area contributed by atoms with Crippen molar-refractivity contribution in [2.45, 2.75) is 0 Å². The fourth-order valence-corrected chi connectivity index (χ4v) is 1.53. The van der Waals surface area contributed by atoms with Crippen molar-refractivity contribution in [2.75, 3.05) is 7.11 Å². The van der Waals surface area contributed by atoms with Crippen LogP contribution >= 0.6 is 15.9 Å². The smallest absolute Gasteiger partial charge is 0.374 e. The first-order chi connectivity index (χ1) is 7.11. The maximum absolute atomic E-state index is 13.1. The van der Waals surface area contributed by atoms with E-state index in [9.17, 15) is 9.18 Å². The van der Waals surface area contributed by atoms with E-state index in [2.05, 4.69) is 30.6 Å². The van der Waals surface area contributed by atoms with E-state index < -0.39 is 11.8 Å². The summed E-state index contributed by atoms with van der Waals surface area (Å²) < 4.78 is 17.9. The number of aromatic nitrogens is 2. The molecule has 0 atom stereocenters. The zero-order valence-corrected chi connectivity index (χ0v) is 9.26. The van der Waals surface area contributed by atoms with Crippen LogP contribution in [0.15, 0.2) is 16.6 Å². The monoisotopic (exact) mass is 272 g/mol. The maximum Gasteiger partial charge on any atom is 0.374 e. The second-order valence-electron chi connectivity index (χ2n) is 2.86. The van der Waals surface area contributed by atoms with E-state index in [0.717, 1.165) is 0 Å². The van der Waals surface area contributed by atoms with Crippen molar-refractivity contribution in [2.24, 2.45) is 0 Å². The lowest BCUT2D eigenvalue weighted by molar-refractivity contribution is 0.0588. The van der Waals surface area contributed by atoms with Gasteiger partial charge in [-0.05, 0) is 22.0 Å². The van der Waals surface area contributed by atoms with Gasteiger partial charge in [-0.15, -0.1) is 0 Å². The number of ether oxygens (including phenoxy) is 1. The molecule has 0 spiro atoms. The number of hydrogen-bond donors (Lipinski definition) is 1. The number of H-pyrrole nitrogens is 1. The number of methoxy groups -OCH3 is 1. The third-order valence-electron chi connectivity index (χ3n) is 1.90. The molecule has 0 saturated heterocycles. The Hall–Kier alpha value is -1.43. The third kappa shape index (κ3) is 1.72. The number of rotatable bonds is 1. The van der Waals surface area contributed by atoms with E-state index in [0.29, 0.717) is 15.5 Å². The number of halogens is 2. The Balaban J connectivity index is 2.61. The normalized spacial score (nSPS) is 10.6. The molecule has 6 heteroatoms. The molecule has 1 N–H and O–H groups in total. The first-order valence-corrected chi connectivity index (χ1v) is 4.84. The lowest BCUT2D eigenvalue weighted by Crippen LogP contribution is -2.02. The first kappa shape index (κ1) is 10.1. The van der Waals surface area contributed by atoms with Crippen molar-refractivity contribution < 1.29 is 13.9 Å². The van der Waals surface area contributed by atoms with Crippen molar-refractivity contribution in [3.8, 4) is 0 Å². The average molecular weight is 273 g/mol. The van der Waals surface area contributed by atoms with Crippen LogP contribution in [0.5, 0.6) is 0 Å². The van der Waals surface area contributed by atoms with Crippen molar-refractivity contribution >= 4 is 32.9 Å². The summed E-state index contributed by atoms with van der Waals surface area (Å²) in [6, 6.07) is 2.76. The van der Waals surface area contributed by atoms with E-state index >= 15 is 0 Å². The number of hydrogen-bond acceptors (Lipinski definition) is 3. The number of benzene rings is 1. The molecule has 1 aromatic heterocycles. The van der Waals surface area contributed by atoms with Crippen LogP contribution in [-0.4, -0.2) is 23.0 Å². The van der Waals surface area contributed by atoms with Gasteiger partial charge < -0.3 is 9.72 Å². The molecule has 0 bridgehead atoms. The Morgan fingerprint density at radius 2 is 2.33 bits per heavy atom. The molecular formula is C9H6BrFN2O2. The van der Waals surface area contributed by atoms with Crippen LogP contribution < -0.4 is 0 Å². The first-order valence-electron chi connectivity index (χ1n) is 4.05.